The predicted octanol–water partition coefficient (Wildman–Crippen LogP) is -0.231. The molecule has 0 aromatic rings. The molecule has 3 N–H and O–H groups in total. The summed E-state index contributed by atoms with van der Waals surface area (Å²) in [5, 5.41) is 14.7. The second-order valence-corrected chi connectivity index (χ2v) is 8.56. The van der Waals surface area contributed by atoms with Gasteiger partial charge >= 0.3 is 5.97 Å². The first-order valence-electron chi connectivity index (χ1n) is 6.97. The molecular formula is C13H24N2O5S. The average molecular weight is 320 g/mol. The molecule has 0 saturated carbocycles. The molecule has 1 fully saturated rings. The third-order valence-electron chi connectivity index (χ3n) is 3.78. The lowest BCUT2D eigenvalue weighted by Crippen LogP contribution is -2.58. The third kappa shape index (κ3) is 5.62. The minimum absolute atomic E-state index is 0.132. The predicted molar refractivity (Wildman–Crippen MR) is 78.7 cm³/mol. The van der Waals surface area contributed by atoms with Gasteiger partial charge in [0.25, 0.3) is 0 Å². The van der Waals surface area contributed by atoms with Crippen LogP contribution in [0.1, 0.15) is 33.1 Å². The molecule has 0 aromatic carbocycles. The summed E-state index contributed by atoms with van der Waals surface area (Å²) >= 11 is 0. The highest BCUT2D eigenvalue weighted by Gasteiger charge is 2.38. The number of carboxylic acids is 1. The van der Waals surface area contributed by atoms with Gasteiger partial charge in [-0.1, -0.05) is 13.8 Å². The van der Waals surface area contributed by atoms with Crippen molar-refractivity contribution in [1.29, 1.82) is 0 Å². The van der Waals surface area contributed by atoms with Crippen molar-refractivity contribution in [2.45, 2.75) is 45.2 Å². The first-order valence-corrected chi connectivity index (χ1v) is 9.03. The van der Waals surface area contributed by atoms with Gasteiger partial charge in [-0.15, -0.1) is 0 Å². The van der Waals surface area contributed by atoms with E-state index in [2.05, 4.69) is 10.6 Å². The van der Waals surface area contributed by atoms with E-state index in [9.17, 15) is 18.0 Å². The van der Waals surface area contributed by atoms with Crippen molar-refractivity contribution in [2.24, 2.45) is 5.41 Å². The van der Waals surface area contributed by atoms with Gasteiger partial charge in [0, 0.05) is 6.26 Å². The lowest BCUT2D eigenvalue weighted by atomic mass is 9.77. The molecular weight excluding hydrogens is 296 g/mol. The molecule has 1 rings (SSSR count). The molecule has 21 heavy (non-hydrogen) atoms. The van der Waals surface area contributed by atoms with E-state index in [-0.39, 0.29) is 23.5 Å². The second kappa shape index (κ2) is 6.74. The number of rotatable bonds is 6. The van der Waals surface area contributed by atoms with Crippen molar-refractivity contribution in [1.82, 2.24) is 10.6 Å². The van der Waals surface area contributed by atoms with Crippen LogP contribution in [0.25, 0.3) is 0 Å². The van der Waals surface area contributed by atoms with E-state index in [4.69, 9.17) is 5.11 Å². The lowest BCUT2D eigenvalue weighted by molar-refractivity contribution is -0.142. The first-order chi connectivity index (χ1) is 9.53. The minimum atomic E-state index is -3.27. The number of carbonyl (C=O) groups is 2. The minimum Gasteiger partial charge on any atom is -0.480 e. The summed E-state index contributed by atoms with van der Waals surface area (Å²) in [7, 11) is -3.27. The molecule has 1 saturated heterocycles. The lowest BCUT2D eigenvalue weighted by Gasteiger charge is -2.38. The number of nitrogens with one attached hydrogen (secondary N) is 2. The van der Waals surface area contributed by atoms with Crippen molar-refractivity contribution in [3.63, 3.8) is 0 Å². The quantitative estimate of drug-likeness (QED) is 0.623. The zero-order valence-electron chi connectivity index (χ0n) is 12.7. The van der Waals surface area contributed by atoms with Crippen LogP contribution < -0.4 is 10.6 Å². The molecule has 0 radical (unpaired) electrons. The molecule has 2 unspecified atom stereocenters. The fourth-order valence-electron chi connectivity index (χ4n) is 2.50. The van der Waals surface area contributed by atoms with E-state index < -0.39 is 27.9 Å². The number of carbonyl (C=O) groups excluding carboxylic acids is 1. The Morgan fingerprint density at radius 1 is 1.43 bits per heavy atom. The zero-order chi connectivity index (χ0) is 16.3. The van der Waals surface area contributed by atoms with Crippen molar-refractivity contribution < 1.29 is 23.1 Å². The Morgan fingerprint density at radius 2 is 2.05 bits per heavy atom. The van der Waals surface area contributed by atoms with E-state index >= 15 is 0 Å². The van der Waals surface area contributed by atoms with Gasteiger partial charge in [0.2, 0.25) is 5.91 Å². The van der Waals surface area contributed by atoms with Crippen molar-refractivity contribution in [3.05, 3.63) is 0 Å². The van der Waals surface area contributed by atoms with Gasteiger partial charge < -0.3 is 15.7 Å². The SMILES string of the molecule is CC1(C)CCCNC1C(=O)NC(CCS(C)(=O)=O)C(=O)O. The van der Waals surface area contributed by atoms with Crippen LogP contribution in [0.5, 0.6) is 0 Å². The van der Waals surface area contributed by atoms with Crippen LogP contribution in [-0.4, -0.2) is 56.0 Å². The Labute approximate surface area is 125 Å². The standard InChI is InChI=1S/C13H24N2O5S/c1-13(2)6-4-7-14-10(13)11(16)15-9(12(17)18)5-8-21(3,19)20/h9-10,14H,4-8H2,1-3H3,(H,15,16)(H,17,18). The van der Waals surface area contributed by atoms with Crippen LogP contribution in [0.2, 0.25) is 0 Å². The molecule has 0 bridgehead atoms. The first kappa shape index (κ1) is 17.9. The summed E-state index contributed by atoms with van der Waals surface area (Å²) in [4.78, 5) is 23.4. The van der Waals surface area contributed by atoms with E-state index in [1.165, 1.54) is 0 Å². The molecule has 1 aliphatic rings. The molecule has 8 heteroatoms. The molecule has 0 spiro atoms. The van der Waals surface area contributed by atoms with E-state index in [1.807, 2.05) is 13.8 Å². The molecule has 1 aliphatic heterocycles. The second-order valence-electron chi connectivity index (χ2n) is 6.30. The number of hydrogen-bond donors (Lipinski definition) is 3. The summed E-state index contributed by atoms with van der Waals surface area (Å²) < 4.78 is 22.3. The van der Waals surface area contributed by atoms with Crippen molar-refractivity contribution >= 4 is 21.7 Å². The maximum absolute atomic E-state index is 12.3. The van der Waals surface area contributed by atoms with E-state index in [1.54, 1.807) is 0 Å². The fraction of sp³-hybridized carbons (Fsp3) is 0.846. The van der Waals surface area contributed by atoms with E-state index in [0.717, 1.165) is 19.1 Å². The molecule has 1 heterocycles. The number of amides is 1. The normalized spacial score (nSPS) is 23.3. The van der Waals surface area contributed by atoms with Crippen LogP contribution in [-0.2, 0) is 19.4 Å². The number of piperidine rings is 1. The highest BCUT2D eigenvalue weighted by molar-refractivity contribution is 7.90. The topological polar surface area (TPSA) is 113 Å². The summed E-state index contributed by atoms with van der Waals surface area (Å²) in [5.74, 6) is -1.88. The largest absolute Gasteiger partial charge is 0.480 e. The van der Waals surface area contributed by atoms with Crippen LogP contribution in [0.3, 0.4) is 0 Å². The van der Waals surface area contributed by atoms with Crippen LogP contribution >= 0.6 is 0 Å². The van der Waals surface area contributed by atoms with Crippen LogP contribution in [0.4, 0.5) is 0 Å². The van der Waals surface area contributed by atoms with Crippen LogP contribution in [0, 0.1) is 5.41 Å². The molecule has 0 aromatic heterocycles. The Morgan fingerprint density at radius 3 is 2.52 bits per heavy atom. The summed E-state index contributed by atoms with van der Waals surface area (Å²) in [5.41, 5.74) is -0.262. The van der Waals surface area contributed by atoms with Gasteiger partial charge in [0.05, 0.1) is 11.8 Å². The van der Waals surface area contributed by atoms with Gasteiger partial charge in [0.15, 0.2) is 0 Å². The van der Waals surface area contributed by atoms with Gasteiger partial charge in [-0.05, 0) is 31.2 Å². The fourth-order valence-corrected chi connectivity index (χ4v) is 3.17. The molecule has 1 amide bonds. The number of carboxylic acid groups (broad SMARTS) is 1. The van der Waals surface area contributed by atoms with Crippen LogP contribution in [0.15, 0.2) is 0 Å². The van der Waals surface area contributed by atoms with Gasteiger partial charge in [0.1, 0.15) is 15.9 Å². The maximum Gasteiger partial charge on any atom is 0.326 e. The molecule has 2 atom stereocenters. The molecule has 7 nitrogen and oxygen atoms in total. The van der Waals surface area contributed by atoms with Crippen molar-refractivity contribution in [3.8, 4) is 0 Å². The Bertz CT molecular complexity index is 501. The number of hydrogen-bond acceptors (Lipinski definition) is 5. The van der Waals surface area contributed by atoms with E-state index in [0.29, 0.717) is 6.54 Å². The Balaban J connectivity index is 2.70. The van der Waals surface area contributed by atoms with Gasteiger partial charge in [-0.3, -0.25) is 4.79 Å². The summed E-state index contributed by atoms with van der Waals surface area (Å²) in [6.45, 7) is 4.62. The molecule has 122 valence electrons. The highest BCUT2D eigenvalue weighted by Crippen LogP contribution is 2.30. The smallest absolute Gasteiger partial charge is 0.326 e. The summed E-state index contributed by atoms with van der Waals surface area (Å²) in [6.07, 6.45) is 2.75. The number of aliphatic carboxylic acids is 1. The third-order valence-corrected chi connectivity index (χ3v) is 4.76. The maximum atomic E-state index is 12.3. The Kier molecular flexibility index (Phi) is 5.75. The summed E-state index contributed by atoms with van der Waals surface area (Å²) in [6, 6.07) is -1.65. The Hall–Kier alpha value is -1.15. The highest BCUT2D eigenvalue weighted by atomic mass is 32.2. The molecule has 0 aliphatic carbocycles. The average Bonchev–Trinajstić information content (AvgIpc) is 2.32. The number of sulfone groups is 1. The van der Waals surface area contributed by atoms with Crippen molar-refractivity contribution in [2.75, 3.05) is 18.6 Å². The van der Waals surface area contributed by atoms with Gasteiger partial charge in [-0.25, -0.2) is 13.2 Å². The van der Waals surface area contributed by atoms with Gasteiger partial charge in [-0.2, -0.15) is 0 Å². The zero-order valence-corrected chi connectivity index (χ0v) is 13.5. The monoisotopic (exact) mass is 320 g/mol.